The van der Waals surface area contributed by atoms with Gasteiger partial charge in [0.25, 0.3) is 0 Å². The Bertz CT molecular complexity index is 182. The van der Waals surface area contributed by atoms with Crippen LogP contribution in [-0.4, -0.2) is 32.8 Å². The van der Waals surface area contributed by atoms with Crippen molar-refractivity contribution in [2.24, 2.45) is 17.1 Å². The van der Waals surface area contributed by atoms with E-state index in [0.717, 1.165) is 0 Å². The Morgan fingerprint density at radius 1 is 1.50 bits per heavy atom. The fourth-order valence-electron chi connectivity index (χ4n) is 1.37. The number of hydrogen-bond donors (Lipinski definition) is 1. The van der Waals surface area contributed by atoms with Crippen molar-refractivity contribution in [3.05, 3.63) is 0 Å². The average molecular weight is 203 g/mol. The Labute approximate surface area is 85.8 Å². The van der Waals surface area contributed by atoms with E-state index in [2.05, 4.69) is 0 Å². The molecule has 2 N–H and O–H groups in total. The van der Waals surface area contributed by atoms with Crippen molar-refractivity contribution in [2.75, 3.05) is 26.9 Å². The van der Waals surface area contributed by atoms with E-state index in [9.17, 15) is 4.79 Å². The number of carbonyl (C=O) groups is 1. The second-order valence-electron chi connectivity index (χ2n) is 3.67. The van der Waals surface area contributed by atoms with Crippen molar-refractivity contribution in [2.45, 2.75) is 20.8 Å². The molecule has 1 unspecified atom stereocenters. The summed E-state index contributed by atoms with van der Waals surface area (Å²) in [5.74, 6) is -0.161. The predicted octanol–water partition coefficient (Wildman–Crippen LogP) is 0.797. The highest BCUT2D eigenvalue weighted by atomic mass is 16.5. The summed E-state index contributed by atoms with van der Waals surface area (Å²) in [6.45, 7) is 6.60. The fourth-order valence-corrected chi connectivity index (χ4v) is 1.37. The number of hydrogen-bond acceptors (Lipinski definition) is 4. The molecule has 0 aromatic heterocycles. The van der Waals surface area contributed by atoms with Crippen molar-refractivity contribution >= 4 is 5.97 Å². The molecule has 0 saturated carbocycles. The fraction of sp³-hybridized carbons (Fsp3) is 0.900. The third-order valence-corrected chi connectivity index (χ3v) is 2.55. The molecule has 0 amide bonds. The van der Waals surface area contributed by atoms with Gasteiger partial charge in [-0.05, 0) is 12.8 Å². The van der Waals surface area contributed by atoms with Gasteiger partial charge in [0, 0.05) is 13.7 Å². The lowest BCUT2D eigenvalue weighted by atomic mass is 9.78. The molecule has 0 heterocycles. The smallest absolute Gasteiger partial charge is 0.315 e. The molecule has 84 valence electrons. The number of rotatable bonds is 6. The van der Waals surface area contributed by atoms with E-state index in [1.165, 1.54) is 0 Å². The molecule has 0 saturated heterocycles. The number of methoxy groups -OCH3 is 1. The Kier molecular flexibility index (Phi) is 5.72. The van der Waals surface area contributed by atoms with Crippen LogP contribution < -0.4 is 5.73 Å². The van der Waals surface area contributed by atoms with Gasteiger partial charge < -0.3 is 15.2 Å². The molecular formula is C10H21NO3. The second kappa shape index (κ2) is 5.98. The van der Waals surface area contributed by atoms with Crippen molar-refractivity contribution < 1.29 is 14.3 Å². The highest BCUT2D eigenvalue weighted by Crippen LogP contribution is 2.28. The van der Waals surface area contributed by atoms with Crippen molar-refractivity contribution in [3.8, 4) is 0 Å². The van der Waals surface area contributed by atoms with E-state index in [4.69, 9.17) is 15.2 Å². The molecule has 14 heavy (non-hydrogen) atoms. The van der Waals surface area contributed by atoms with Gasteiger partial charge in [-0.15, -0.1) is 0 Å². The summed E-state index contributed by atoms with van der Waals surface area (Å²) in [6, 6.07) is 0. The molecule has 0 fully saturated rings. The molecular weight excluding hydrogens is 182 g/mol. The van der Waals surface area contributed by atoms with E-state index in [0.29, 0.717) is 13.2 Å². The minimum Gasteiger partial charge on any atom is -0.465 e. The lowest BCUT2D eigenvalue weighted by Crippen LogP contribution is -2.47. The Hall–Kier alpha value is -0.610. The predicted molar refractivity (Wildman–Crippen MR) is 54.8 cm³/mol. The molecule has 1 atom stereocenters. The zero-order valence-electron chi connectivity index (χ0n) is 9.50. The first kappa shape index (κ1) is 13.4. The maximum Gasteiger partial charge on any atom is 0.315 e. The van der Waals surface area contributed by atoms with Crippen molar-refractivity contribution in [3.63, 3.8) is 0 Å². The monoisotopic (exact) mass is 203 g/mol. The summed E-state index contributed by atoms with van der Waals surface area (Å²) in [6.07, 6.45) is 0. The molecule has 0 spiro atoms. The van der Waals surface area contributed by atoms with Crippen LogP contribution in [0.3, 0.4) is 0 Å². The zero-order chi connectivity index (χ0) is 11.2. The molecule has 0 bridgehead atoms. The van der Waals surface area contributed by atoms with Crippen LogP contribution in [0, 0.1) is 11.3 Å². The summed E-state index contributed by atoms with van der Waals surface area (Å²) in [5.41, 5.74) is 4.94. The Balaban J connectivity index is 4.73. The van der Waals surface area contributed by atoms with Gasteiger partial charge in [-0.2, -0.15) is 0 Å². The number of ether oxygens (including phenoxy) is 2. The SMILES string of the molecule is CCOC(=O)C(CN)(COC)C(C)C. The van der Waals surface area contributed by atoms with Crippen LogP contribution in [0.15, 0.2) is 0 Å². The van der Waals surface area contributed by atoms with E-state index >= 15 is 0 Å². The van der Waals surface area contributed by atoms with Crippen LogP contribution in [-0.2, 0) is 14.3 Å². The zero-order valence-corrected chi connectivity index (χ0v) is 9.50. The van der Waals surface area contributed by atoms with Crippen LogP contribution in [0.1, 0.15) is 20.8 Å². The highest BCUT2D eigenvalue weighted by molar-refractivity contribution is 5.77. The third-order valence-electron chi connectivity index (χ3n) is 2.55. The van der Waals surface area contributed by atoms with E-state index in [1.54, 1.807) is 14.0 Å². The standard InChI is InChI=1S/C10H21NO3/c1-5-14-9(12)10(6-11,7-13-4)8(2)3/h8H,5-7,11H2,1-4H3. The molecule has 0 aliphatic rings. The minimum absolute atomic E-state index is 0.103. The number of esters is 1. The van der Waals surface area contributed by atoms with Crippen LogP contribution in [0.25, 0.3) is 0 Å². The van der Waals surface area contributed by atoms with Gasteiger partial charge >= 0.3 is 5.97 Å². The quantitative estimate of drug-likeness (QED) is 0.648. The summed E-state index contributed by atoms with van der Waals surface area (Å²) in [5, 5.41) is 0. The molecule has 0 aromatic rings. The maximum atomic E-state index is 11.7. The lowest BCUT2D eigenvalue weighted by Gasteiger charge is -2.32. The van der Waals surface area contributed by atoms with Gasteiger partial charge in [0.1, 0.15) is 5.41 Å². The molecule has 4 heteroatoms. The van der Waals surface area contributed by atoms with Crippen molar-refractivity contribution in [1.82, 2.24) is 0 Å². The second-order valence-corrected chi connectivity index (χ2v) is 3.67. The first-order chi connectivity index (χ1) is 6.55. The number of carbonyl (C=O) groups excluding carboxylic acids is 1. The molecule has 0 aliphatic heterocycles. The van der Waals surface area contributed by atoms with Gasteiger partial charge in [-0.3, -0.25) is 4.79 Å². The minimum atomic E-state index is -0.704. The molecule has 0 rings (SSSR count). The van der Waals surface area contributed by atoms with Gasteiger partial charge in [0.15, 0.2) is 0 Å². The summed E-state index contributed by atoms with van der Waals surface area (Å²) >= 11 is 0. The Morgan fingerprint density at radius 2 is 2.07 bits per heavy atom. The average Bonchev–Trinajstić information content (AvgIpc) is 2.14. The van der Waals surface area contributed by atoms with E-state index in [1.807, 2.05) is 13.8 Å². The normalized spacial score (nSPS) is 15.3. The van der Waals surface area contributed by atoms with Crippen LogP contribution in [0.2, 0.25) is 0 Å². The first-order valence-electron chi connectivity index (χ1n) is 4.91. The molecule has 0 radical (unpaired) electrons. The Morgan fingerprint density at radius 3 is 2.36 bits per heavy atom. The molecule has 0 aliphatic carbocycles. The summed E-state index contributed by atoms with van der Waals surface area (Å²) < 4.78 is 10.1. The van der Waals surface area contributed by atoms with Gasteiger partial charge in [-0.25, -0.2) is 0 Å². The molecule has 0 aromatic carbocycles. The summed E-state index contributed by atoms with van der Waals surface area (Å²) in [7, 11) is 1.56. The third kappa shape index (κ3) is 2.69. The maximum absolute atomic E-state index is 11.7. The largest absolute Gasteiger partial charge is 0.465 e. The lowest BCUT2D eigenvalue weighted by molar-refractivity contribution is -0.161. The van der Waals surface area contributed by atoms with E-state index < -0.39 is 5.41 Å². The van der Waals surface area contributed by atoms with Crippen molar-refractivity contribution in [1.29, 1.82) is 0 Å². The van der Waals surface area contributed by atoms with Crippen LogP contribution in [0.4, 0.5) is 0 Å². The van der Waals surface area contributed by atoms with Gasteiger partial charge in [0.05, 0.1) is 13.2 Å². The highest BCUT2D eigenvalue weighted by Gasteiger charge is 2.41. The van der Waals surface area contributed by atoms with Crippen LogP contribution in [0.5, 0.6) is 0 Å². The number of nitrogens with two attached hydrogens (primary N) is 1. The van der Waals surface area contributed by atoms with Crippen LogP contribution >= 0.6 is 0 Å². The topological polar surface area (TPSA) is 61.5 Å². The summed E-state index contributed by atoms with van der Waals surface area (Å²) in [4.78, 5) is 11.7. The van der Waals surface area contributed by atoms with Gasteiger partial charge in [-0.1, -0.05) is 13.8 Å². The van der Waals surface area contributed by atoms with Gasteiger partial charge in [0.2, 0.25) is 0 Å². The molecule has 4 nitrogen and oxygen atoms in total. The van der Waals surface area contributed by atoms with E-state index in [-0.39, 0.29) is 18.4 Å². The first-order valence-corrected chi connectivity index (χ1v) is 4.91.